The lowest BCUT2D eigenvalue weighted by Crippen LogP contribution is -2.36. The summed E-state index contributed by atoms with van der Waals surface area (Å²) in [6.07, 6.45) is 1.41. The molecule has 1 fully saturated rings. The van der Waals surface area contributed by atoms with Gasteiger partial charge in [-0.25, -0.2) is 0 Å². The number of nitrogens with zero attached hydrogens (tertiary/aromatic N) is 1. The minimum Gasteiger partial charge on any atom is -0.481 e. The highest BCUT2D eigenvalue weighted by Crippen LogP contribution is 2.16. The molecule has 2 N–H and O–H groups in total. The van der Waals surface area contributed by atoms with Crippen LogP contribution in [0.25, 0.3) is 0 Å². The summed E-state index contributed by atoms with van der Waals surface area (Å²) in [5.41, 5.74) is 0. The molecule has 1 aliphatic heterocycles. The molecule has 1 aliphatic rings. The maximum atomic E-state index is 10.6. The van der Waals surface area contributed by atoms with Gasteiger partial charge in [0, 0.05) is 0 Å². The smallest absolute Gasteiger partial charge is 0.306 e. The Bertz CT molecular complexity index is 246. The van der Waals surface area contributed by atoms with Crippen molar-refractivity contribution >= 4 is 5.97 Å². The third-order valence-electron chi connectivity index (χ3n) is 2.44. The van der Waals surface area contributed by atoms with E-state index in [-0.39, 0.29) is 12.5 Å². The lowest BCUT2D eigenvalue weighted by Gasteiger charge is -2.28. The van der Waals surface area contributed by atoms with Crippen molar-refractivity contribution in [3.05, 3.63) is 0 Å². The van der Waals surface area contributed by atoms with Gasteiger partial charge < -0.3 is 10.2 Å². The molecule has 78 valence electrons. The Morgan fingerprint density at radius 2 is 2.00 bits per heavy atom. The highest BCUT2D eigenvalue weighted by atomic mass is 16.4. The number of aliphatic hydroxyl groups is 1. The van der Waals surface area contributed by atoms with Crippen LogP contribution in [0.5, 0.6) is 0 Å². The molecular weight excluding hydrogens is 182 g/mol. The zero-order chi connectivity index (χ0) is 10.4. The first-order valence-corrected chi connectivity index (χ1v) is 4.75. The Morgan fingerprint density at radius 1 is 1.36 bits per heavy atom. The molecule has 4 nitrogen and oxygen atoms in total. The normalized spacial score (nSPS) is 18.6. The van der Waals surface area contributed by atoms with E-state index >= 15 is 0 Å². The largest absolute Gasteiger partial charge is 0.481 e. The van der Waals surface area contributed by atoms with E-state index in [4.69, 9.17) is 10.2 Å². The van der Waals surface area contributed by atoms with E-state index in [1.165, 1.54) is 0 Å². The van der Waals surface area contributed by atoms with E-state index in [9.17, 15) is 4.79 Å². The van der Waals surface area contributed by atoms with Crippen molar-refractivity contribution in [2.45, 2.75) is 12.8 Å². The summed E-state index contributed by atoms with van der Waals surface area (Å²) in [5.74, 6) is 4.53. The first kappa shape index (κ1) is 11.0. The van der Waals surface area contributed by atoms with Gasteiger partial charge in [-0.15, -0.1) is 0 Å². The van der Waals surface area contributed by atoms with Crippen molar-refractivity contribution in [1.29, 1.82) is 0 Å². The van der Waals surface area contributed by atoms with E-state index < -0.39 is 5.97 Å². The molecule has 4 heteroatoms. The van der Waals surface area contributed by atoms with Crippen LogP contribution in [0.1, 0.15) is 12.8 Å². The molecule has 0 unspecified atom stereocenters. The zero-order valence-corrected chi connectivity index (χ0v) is 8.07. The average molecular weight is 197 g/mol. The number of hydrogen-bond acceptors (Lipinski definition) is 3. The van der Waals surface area contributed by atoms with Gasteiger partial charge in [-0.2, -0.15) is 0 Å². The summed E-state index contributed by atoms with van der Waals surface area (Å²) < 4.78 is 0. The number of carboxylic acid groups (broad SMARTS) is 1. The Labute approximate surface area is 83.5 Å². The molecule has 0 aliphatic carbocycles. The van der Waals surface area contributed by atoms with Gasteiger partial charge in [-0.05, 0) is 25.9 Å². The fourth-order valence-electron chi connectivity index (χ4n) is 1.56. The number of carboxylic acids is 1. The summed E-state index contributed by atoms with van der Waals surface area (Å²) in [7, 11) is 0. The summed E-state index contributed by atoms with van der Waals surface area (Å²) in [6, 6.07) is 0. The lowest BCUT2D eigenvalue weighted by molar-refractivity contribution is -0.143. The van der Waals surface area contributed by atoms with Gasteiger partial charge in [0.05, 0.1) is 12.5 Å². The van der Waals surface area contributed by atoms with Gasteiger partial charge in [0.1, 0.15) is 6.61 Å². The Kier molecular flexibility index (Phi) is 4.44. The number of aliphatic hydroxyl groups excluding tert-OH is 1. The fourth-order valence-corrected chi connectivity index (χ4v) is 1.56. The summed E-state index contributed by atoms with van der Waals surface area (Å²) in [5, 5.41) is 17.2. The maximum Gasteiger partial charge on any atom is 0.306 e. The first-order valence-electron chi connectivity index (χ1n) is 4.75. The summed E-state index contributed by atoms with van der Waals surface area (Å²) in [4.78, 5) is 12.8. The van der Waals surface area contributed by atoms with Crippen LogP contribution >= 0.6 is 0 Å². The van der Waals surface area contributed by atoms with Crippen LogP contribution in [0.15, 0.2) is 0 Å². The Hall–Kier alpha value is -1.05. The molecule has 0 amide bonds. The zero-order valence-electron chi connectivity index (χ0n) is 8.07. The minimum atomic E-state index is -0.689. The van der Waals surface area contributed by atoms with E-state index in [1.54, 1.807) is 0 Å². The molecule has 1 heterocycles. The van der Waals surface area contributed by atoms with Crippen LogP contribution < -0.4 is 0 Å². The second kappa shape index (κ2) is 5.63. The van der Waals surface area contributed by atoms with Crippen molar-refractivity contribution in [3.8, 4) is 11.8 Å². The van der Waals surface area contributed by atoms with Gasteiger partial charge in [0.25, 0.3) is 0 Å². The van der Waals surface area contributed by atoms with Crippen molar-refractivity contribution in [3.63, 3.8) is 0 Å². The first-order chi connectivity index (χ1) is 6.74. The molecule has 0 aromatic heterocycles. The monoisotopic (exact) mass is 197 g/mol. The molecule has 0 bridgehead atoms. The number of aliphatic carboxylic acids is 1. The second-order valence-corrected chi connectivity index (χ2v) is 3.40. The number of carbonyl (C=O) groups is 1. The number of rotatable bonds is 2. The highest BCUT2D eigenvalue weighted by molar-refractivity contribution is 5.70. The van der Waals surface area contributed by atoms with Crippen LogP contribution in [0, 0.1) is 17.8 Å². The van der Waals surface area contributed by atoms with Gasteiger partial charge in [0.2, 0.25) is 0 Å². The minimum absolute atomic E-state index is 0.106. The number of hydrogen-bond donors (Lipinski definition) is 2. The van der Waals surface area contributed by atoms with Crippen LogP contribution in [0.3, 0.4) is 0 Å². The van der Waals surface area contributed by atoms with E-state index in [0.29, 0.717) is 19.4 Å². The fraction of sp³-hybridized carbons (Fsp3) is 0.700. The standard InChI is InChI=1S/C10H15NO3/c12-8-2-1-5-11-6-3-9(4-7-11)10(13)14/h9,12H,3-8H2,(H,13,14). The lowest BCUT2D eigenvalue weighted by atomic mass is 9.97. The predicted octanol–water partition coefficient (Wildman–Crippen LogP) is -0.221. The van der Waals surface area contributed by atoms with Crippen molar-refractivity contribution in [2.75, 3.05) is 26.2 Å². The van der Waals surface area contributed by atoms with Crippen molar-refractivity contribution < 1.29 is 15.0 Å². The SMILES string of the molecule is O=C(O)C1CCN(CC#CCO)CC1. The van der Waals surface area contributed by atoms with E-state index in [2.05, 4.69) is 16.7 Å². The Balaban J connectivity index is 2.25. The van der Waals surface area contributed by atoms with Crippen molar-refractivity contribution in [2.24, 2.45) is 5.92 Å². The average Bonchev–Trinajstić information content (AvgIpc) is 2.19. The molecule has 1 rings (SSSR count). The highest BCUT2D eigenvalue weighted by Gasteiger charge is 2.23. The third kappa shape index (κ3) is 3.36. The molecule has 0 saturated carbocycles. The maximum absolute atomic E-state index is 10.6. The number of piperidine rings is 1. The van der Waals surface area contributed by atoms with Gasteiger partial charge in [-0.3, -0.25) is 9.69 Å². The van der Waals surface area contributed by atoms with Gasteiger partial charge in [-0.1, -0.05) is 11.8 Å². The number of likely N-dealkylation sites (tertiary alicyclic amines) is 1. The molecule has 0 aromatic rings. The molecule has 0 aromatic carbocycles. The Morgan fingerprint density at radius 3 is 2.50 bits per heavy atom. The molecule has 14 heavy (non-hydrogen) atoms. The van der Waals surface area contributed by atoms with Gasteiger partial charge >= 0.3 is 5.97 Å². The van der Waals surface area contributed by atoms with Crippen LogP contribution in [-0.4, -0.2) is 47.3 Å². The molecule has 0 atom stereocenters. The molecule has 1 saturated heterocycles. The van der Waals surface area contributed by atoms with Crippen molar-refractivity contribution in [1.82, 2.24) is 4.90 Å². The predicted molar refractivity (Wildman–Crippen MR) is 51.7 cm³/mol. The third-order valence-corrected chi connectivity index (χ3v) is 2.44. The van der Waals surface area contributed by atoms with Crippen LogP contribution in [0.4, 0.5) is 0 Å². The van der Waals surface area contributed by atoms with E-state index in [1.807, 2.05) is 0 Å². The summed E-state index contributed by atoms with van der Waals surface area (Å²) in [6.45, 7) is 2.10. The van der Waals surface area contributed by atoms with E-state index in [0.717, 1.165) is 13.1 Å². The molecular formula is C10H15NO3. The quantitative estimate of drug-likeness (QED) is 0.601. The molecule has 0 radical (unpaired) electrons. The summed E-state index contributed by atoms with van der Waals surface area (Å²) >= 11 is 0. The topological polar surface area (TPSA) is 60.8 Å². The van der Waals surface area contributed by atoms with Crippen LogP contribution in [-0.2, 0) is 4.79 Å². The molecule has 0 spiro atoms. The van der Waals surface area contributed by atoms with Gasteiger partial charge in [0.15, 0.2) is 0 Å². The van der Waals surface area contributed by atoms with Crippen LogP contribution in [0.2, 0.25) is 0 Å². The second-order valence-electron chi connectivity index (χ2n) is 3.40.